The number of pyridine rings is 1. The normalized spacial score (nSPS) is 19.2. The van der Waals surface area contributed by atoms with Crippen LogP contribution < -0.4 is 16.4 Å². The van der Waals surface area contributed by atoms with Crippen LogP contribution in [0.2, 0.25) is 0 Å². The Morgan fingerprint density at radius 3 is 2.40 bits per heavy atom. The first-order valence-electron chi connectivity index (χ1n) is 18.3. The number of anilines is 1. The number of hydrogen-bond donors (Lipinski definition) is 4. The van der Waals surface area contributed by atoms with Gasteiger partial charge in [0.2, 0.25) is 5.91 Å². The van der Waals surface area contributed by atoms with Crippen LogP contribution in [-0.2, 0) is 30.4 Å². The summed E-state index contributed by atoms with van der Waals surface area (Å²) >= 11 is 0. The summed E-state index contributed by atoms with van der Waals surface area (Å²) in [4.78, 5) is 31.3. The van der Waals surface area contributed by atoms with Gasteiger partial charge >= 0.3 is 12.2 Å². The van der Waals surface area contributed by atoms with Gasteiger partial charge in [0.15, 0.2) is 11.5 Å². The largest absolute Gasteiger partial charge is 0.435 e. The van der Waals surface area contributed by atoms with Gasteiger partial charge < -0.3 is 16.2 Å². The third-order valence-corrected chi connectivity index (χ3v) is 10.5. The van der Waals surface area contributed by atoms with Crippen molar-refractivity contribution in [2.45, 2.75) is 81.2 Å². The first-order valence-corrected chi connectivity index (χ1v) is 18.3. The van der Waals surface area contributed by atoms with Crippen LogP contribution in [-0.4, -0.2) is 53.2 Å². The number of aromatic nitrogens is 5. The molecule has 2 fully saturated rings. The fraction of sp³-hybridized carbons (Fsp3) is 0.375. The number of nitrogens with two attached hydrogens (primary N) is 1. The SMILES string of the molecule is Cn1nc(NC(=O)NC2CC2)c2cccc(-c3ccc(C#CC(C)(C)O)nc3[C@@H](Cc3cc(F)cc(F)c3)C(C(N)=O)n3nc(C(F)(F)F)c4c3C(F)(F)[C@@H]3C[C@H]43)c21. The summed E-state index contributed by atoms with van der Waals surface area (Å²) < 4.78 is 107. The first kappa shape index (κ1) is 38.9. The highest BCUT2D eigenvalue weighted by atomic mass is 19.4. The number of halogens is 7. The lowest BCUT2D eigenvalue weighted by Crippen LogP contribution is -2.37. The van der Waals surface area contributed by atoms with Crippen molar-refractivity contribution in [2.75, 3.05) is 5.32 Å². The van der Waals surface area contributed by atoms with Gasteiger partial charge in [-0.25, -0.2) is 23.2 Å². The van der Waals surface area contributed by atoms with Gasteiger partial charge in [0, 0.05) is 53.1 Å². The van der Waals surface area contributed by atoms with Gasteiger partial charge in [0.1, 0.15) is 34.7 Å². The second kappa shape index (κ2) is 13.6. The number of aliphatic hydroxyl groups is 1. The molecule has 3 aromatic heterocycles. The van der Waals surface area contributed by atoms with Crippen molar-refractivity contribution >= 4 is 28.7 Å². The summed E-state index contributed by atoms with van der Waals surface area (Å²) in [5.74, 6) is -6.03. The number of nitrogens with one attached hydrogen (secondary N) is 2. The molecule has 0 spiro atoms. The summed E-state index contributed by atoms with van der Waals surface area (Å²) in [6.07, 6.45) is -4.32. The number of para-hydroxylation sites is 1. The molecule has 0 saturated heterocycles. The summed E-state index contributed by atoms with van der Waals surface area (Å²) in [6.45, 7) is 2.81. The number of carbonyl (C=O) groups is 2. The zero-order valence-corrected chi connectivity index (χ0v) is 31.1. The molecule has 0 radical (unpaired) electrons. The fourth-order valence-corrected chi connectivity index (χ4v) is 7.94. The number of benzene rings is 2. The molecule has 4 atom stereocenters. The van der Waals surface area contributed by atoms with Gasteiger partial charge in [0.25, 0.3) is 5.92 Å². The number of aryl methyl sites for hydroxylation is 1. The molecule has 1 unspecified atom stereocenters. The quantitative estimate of drug-likeness (QED) is 0.0951. The average molecular weight is 809 g/mol. The second-order valence-electron chi connectivity index (χ2n) is 15.5. The van der Waals surface area contributed by atoms with Crippen LogP contribution in [0.15, 0.2) is 48.5 Å². The van der Waals surface area contributed by atoms with Crippen LogP contribution in [0, 0.1) is 29.4 Å². The first-order chi connectivity index (χ1) is 27.2. The minimum atomic E-state index is -5.20. The van der Waals surface area contributed by atoms with E-state index in [2.05, 4.69) is 32.7 Å². The van der Waals surface area contributed by atoms with Gasteiger partial charge in [-0.1, -0.05) is 18.1 Å². The van der Waals surface area contributed by atoms with E-state index in [0.29, 0.717) is 27.2 Å². The third kappa shape index (κ3) is 7.12. The van der Waals surface area contributed by atoms with Crippen LogP contribution in [0.25, 0.3) is 22.0 Å². The number of rotatable bonds is 9. The Labute approximate surface area is 325 Å². The maximum absolute atomic E-state index is 16.1. The number of hydrogen-bond acceptors (Lipinski definition) is 6. The number of primary amides is 1. The monoisotopic (exact) mass is 808 g/mol. The van der Waals surface area contributed by atoms with E-state index in [0.717, 1.165) is 25.0 Å². The lowest BCUT2D eigenvalue weighted by Gasteiger charge is -2.29. The number of fused-ring (bicyclic) bond motifs is 4. The van der Waals surface area contributed by atoms with E-state index in [9.17, 15) is 36.6 Å². The number of nitrogens with zero attached hydrogens (tertiary/aromatic N) is 5. The molecule has 2 saturated carbocycles. The zero-order valence-electron chi connectivity index (χ0n) is 31.1. The molecular formula is C40H35F7N8O3. The number of amides is 3. The van der Waals surface area contributed by atoms with Gasteiger partial charge in [-0.05, 0) is 87.3 Å². The summed E-state index contributed by atoms with van der Waals surface area (Å²) in [5.41, 5.74) is 1.68. The van der Waals surface area contributed by atoms with E-state index in [-0.39, 0.29) is 40.8 Å². The lowest BCUT2D eigenvalue weighted by atomic mass is 9.84. The molecule has 18 heteroatoms. The molecule has 5 N–H and O–H groups in total. The molecule has 3 heterocycles. The van der Waals surface area contributed by atoms with Crippen molar-refractivity contribution in [3.8, 4) is 23.0 Å². The topological polar surface area (TPSA) is 153 Å². The molecule has 8 rings (SSSR count). The second-order valence-corrected chi connectivity index (χ2v) is 15.5. The Morgan fingerprint density at radius 1 is 1.05 bits per heavy atom. The van der Waals surface area contributed by atoms with E-state index in [4.69, 9.17) is 10.7 Å². The molecule has 3 amide bonds. The number of urea groups is 1. The van der Waals surface area contributed by atoms with Crippen molar-refractivity contribution in [3.63, 3.8) is 0 Å². The molecule has 302 valence electrons. The van der Waals surface area contributed by atoms with Gasteiger partial charge in [-0.3, -0.25) is 14.8 Å². The summed E-state index contributed by atoms with van der Waals surface area (Å²) in [5, 5.41) is 24.5. The maximum Gasteiger partial charge on any atom is 0.435 e. The van der Waals surface area contributed by atoms with Crippen LogP contribution in [0.1, 0.15) is 84.9 Å². The third-order valence-electron chi connectivity index (χ3n) is 10.5. The molecule has 0 bridgehead atoms. The van der Waals surface area contributed by atoms with Gasteiger partial charge in [0.05, 0.1) is 11.2 Å². The van der Waals surface area contributed by atoms with Crippen LogP contribution in [0.3, 0.4) is 0 Å². The fourth-order valence-electron chi connectivity index (χ4n) is 7.94. The van der Waals surface area contributed by atoms with Gasteiger partial charge in [-0.15, -0.1) is 0 Å². The highest BCUT2D eigenvalue weighted by Gasteiger charge is 2.69. The zero-order chi connectivity index (χ0) is 41.6. The highest BCUT2D eigenvalue weighted by molar-refractivity contribution is 6.04. The molecule has 11 nitrogen and oxygen atoms in total. The summed E-state index contributed by atoms with van der Waals surface area (Å²) in [6, 6.07) is 7.75. The van der Waals surface area contributed by atoms with Crippen LogP contribution in [0.4, 0.5) is 41.3 Å². The Kier molecular flexibility index (Phi) is 9.10. The van der Waals surface area contributed by atoms with E-state index in [1.165, 1.54) is 30.7 Å². The molecular weight excluding hydrogens is 773 g/mol. The molecule has 5 aromatic rings. The molecule has 2 aromatic carbocycles. The average Bonchev–Trinajstić information content (AvgIpc) is 4.02. The standard InChI is InChI=1S/C40H35F7N8O3/c1-38(2,58)12-11-22-9-10-23(24-5-4-6-25-31(24)54(3)53-36(25)51-37(57)50-21-7-8-21)30(49-22)27(15-18-13-19(41)16-20(42)14-18)32(35(48)56)55-34-29(33(52-55)40(45,46)47)26-17-28(26)39(34,43)44/h4-6,9-10,13-14,16,21,26-28,32,58H,7-8,15,17H2,1-3H3,(H2,48,56)(H2,50,51,53,57)/t26-,27+,28+,32?/m0/s1. The van der Waals surface area contributed by atoms with E-state index >= 15 is 8.78 Å². The van der Waals surface area contributed by atoms with Gasteiger partial charge in [-0.2, -0.15) is 32.1 Å². The maximum atomic E-state index is 16.1. The van der Waals surface area contributed by atoms with Crippen LogP contribution >= 0.6 is 0 Å². The number of alkyl halides is 5. The van der Waals surface area contributed by atoms with Crippen molar-refractivity contribution in [2.24, 2.45) is 18.7 Å². The molecule has 0 aliphatic heterocycles. The van der Waals surface area contributed by atoms with Crippen LogP contribution in [0.5, 0.6) is 0 Å². The minimum absolute atomic E-state index is 0.0240. The van der Waals surface area contributed by atoms with Crippen molar-refractivity contribution < 1.29 is 45.4 Å². The predicted octanol–water partition coefficient (Wildman–Crippen LogP) is 6.80. The Morgan fingerprint density at radius 2 is 1.76 bits per heavy atom. The Balaban J connectivity index is 1.39. The summed E-state index contributed by atoms with van der Waals surface area (Å²) in [7, 11) is 1.59. The van der Waals surface area contributed by atoms with Crippen molar-refractivity contribution in [1.29, 1.82) is 0 Å². The predicted molar refractivity (Wildman–Crippen MR) is 195 cm³/mol. The molecule has 3 aliphatic carbocycles. The Bertz CT molecular complexity index is 2560. The highest BCUT2D eigenvalue weighted by Crippen LogP contribution is 2.69. The van der Waals surface area contributed by atoms with Crippen molar-refractivity contribution in [1.82, 2.24) is 29.9 Å². The lowest BCUT2D eigenvalue weighted by molar-refractivity contribution is -0.142. The van der Waals surface area contributed by atoms with Crippen molar-refractivity contribution in [3.05, 3.63) is 94.1 Å². The van der Waals surface area contributed by atoms with E-state index in [1.807, 2.05) is 0 Å². The molecule has 3 aliphatic rings. The number of carbonyl (C=O) groups excluding carboxylic acids is 2. The Hall–Kier alpha value is -5.96. The molecule has 58 heavy (non-hydrogen) atoms. The smallest absolute Gasteiger partial charge is 0.378 e. The minimum Gasteiger partial charge on any atom is -0.378 e. The van der Waals surface area contributed by atoms with E-state index in [1.54, 1.807) is 25.2 Å². The van der Waals surface area contributed by atoms with E-state index < -0.39 is 88.4 Å².